The van der Waals surface area contributed by atoms with E-state index in [4.69, 9.17) is 4.74 Å². The van der Waals surface area contributed by atoms with Crippen LogP contribution in [0.1, 0.15) is 5.56 Å². The van der Waals surface area contributed by atoms with E-state index in [2.05, 4.69) is 17.2 Å². The number of para-hydroxylation sites is 1. The summed E-state index contributed by atoms with van der Waals surface area (Å²) in [6, 6.07) is 12.5. The van der Waals surface area contributed by atoms with Crippen LogP contribution in [0, 0.1) is 5.82 Å². The molecule has 3 amide bonds. The average Bonchev–Trinajstić information content (AvgIpc) is 2.62. The summed E-state index contributed by atoms with van der Waals surface area (Å²) in [7, 11) is 1.84. The van der Waals surface area contributed by atoms with Gasteiger partial charge in [-0.3, -0.25) is 10.1 Å². The van der Waals surface area contributed by atoms with Crippen molar-refractivity contribution in [2.24, 2.45) is 0 Å². The Labute approximate surface area is 157 Å². The van der Waals surface area contributed by atoms with Gasteiger partial charge in [0.15, 0.2) is 6.54 Å². The zero-order valence-electron chi connectivity index (χ0n) is 15.1. The summed E-state index contributed by atoms with van der Waals surface area (Å²) in [6.45, 7) is 4.74. The Hall–Kier alpha value is -3.19. The van der Waals surface area contributed by atoms with Crippen LogP contribution >= 0.6 is 0 Å². The number of imide groups is 1. The highest BCUT2D eigenvalue weighted by atomic mass is 19.1. The van der Waals surface area contributed by atoms with E-state index < -0.39 is 17.8 Å². The second kappa shape index (κ2) is 10.1. The van der Waals surface area contributed by atoms with Gasteiger partial charge in [-0.2, -0.15) is 0 Å². The molecule has 27 heavy (non-hydrogen) atoms. The topological polar surface area (TPSA) is 71.9 Å². The zero-order chi connectivity index (χ0) is 19.6. The normalized spacial score (nSPS) is 11.3. The highest BCUT2D eigenvalue weighted by Crippen LogP contribution is 2.12. The molecule has 0 bridgehead atoms. The van der Waals surface area contributed by atoms with Crippen molar-refractivity contribution >= 4 is 17.6 Å². The molecule has 0 saturated heterocycles. The SMILES string of the molecule is C=CCOc1ccc(C[NH+](C)CC(=O)NC(=O)Nc2ccccc2F)cc1. The molecule has 0 spiro atoms. The van der Waals surface area contributed by atoms with E-state index in [1.54, 1.807) is 12.1 Å². The van der Waals surface area contributed by atoms with Crippen molar-refractivity contribution in [3.05, 3.63) is 72.6 Å². The van der Waals surface area contributed by atoms with Crippen molar-refractivity contribution in [1.29, 1.82) is 0 Å². The fourth-order valence-corrected chi connectivity index (χ4v) is 2.43. The van der Waals surface area contributed by atoms with E-state index in [9.17, 15) is 14.0 Å². The molecule has 6 nitrogen and oxygen atoms in total. The number of hydrogen-bond acceptors (Lipinski definition) is 3. The summed E-state index contributed by atoms with van der Waals surface area (Å²) in [5.74, 6) is -0.269. The molecule has 0 aromatic heterocycles. The van der Waals surface area contributed by atoms with Crippen LogP contribution in [0.5, 0.6) is 5.75 Å². The quantitative estimate of drug-likeness (QED) is 0.619. The van der Waals surface area contributed by atoms with Gasteiger partial charge in [0.05, 0.1) is 12.7 Å². The van der Waals surface area contributed by atoms with Crippen molar-refractivity contribution in [1.82, 2.24) is 5.32 Å². The van der Waals surface area contributed by atoms with Gasteiger partial charge in [0.1, 0.15) is 24.7 Å². The molecule has 0 heterocycles. The third-order valence-corrected chi connectivity index (χ3v) is 3.63. The van der Waals surface area contributed by atoms with Crippen molar-refractivity contribution in [3.8, 4) is 5.75 Å². The lowest BCUT2D eigenvalue weighted by atomic mass is 10.2. The molecule has 2 rings (SSSR count). The van der Waals surface area contributed by atoms with E-state index in [0.29, 0.717) is 13.2 Å². The fraction of sp³-hybridized carbons (Fsp3) is 0.200. The van der Waals surface area contributed by atoms with Gasteiger partial charge in [0, 0.05) is 5.56 Å². The number of amides is 3. The number of carbonyl (C=O) groups excluding carboxylic acids is 2. The molecule has 142 valence electrons. The highest BCUT2D eigenvalue weighted by molar-refractivity contribution is 6.01. The Kier molecular flexibility index (Phi) is 7.51. The van der Waals surface area contributed by atoms with Crippen molar-refractivity contribution in [2.75, 3.05) is 25.5 Å². The maximum atomic E-state index is 13.5. The van der Waals surface area contributed by atoms with Gasteiger partial charge in [-0.15, -0.1) is 0 Å². The van der Waals surface area contributed by atoms with Gasteiger partial charge in [-0.25, -0.2) is 9.18 Å². The lowest BCUT2D eigenvalue weighted by molar-refractivity contribution is -0.885. The molecule has 7 heteroatoms. The first-order chi connectivity index (χ1) is 13.0. The second-order valence-corrected chi connectivity index (χ2v) is 6.04. The molecule has 0 aliphatic rings. The van der Waals surface area contributed by atoms with Crippen LogP contribution in [-0.2, 0) is 11.3 Å². The number of carbonyl (C=O) groups is 2. The average molecular weight is 372 g/mol. The van der Waals surface area contributed by atoms with Gasteiger partial charge >= 0.3 is 6.03 Å². The first-order valence-corrected chi connectivity index (χ1v) is 8.47. The molecule has 0 aliphatic carbocycles. The Morgan fingerprint density at radius 2 is 1.89 bits per heavy atom. The van der Waals surface area contributed by atoms with Crippen LogP contribution in [0.25, 0.3) is 0 Å². The van der Waals surface area contributed by atoms with E-state index >= 15 is 0 Å². The summed E-state index contributed by atoms with van der Waals surface area (Å²) < 4.78 is 18.9. The molecular weight excluding hydrogens is 349 g/mol. The molecule has 0 saturated carbocycles. The van der Waals surface area contributed by atoms with E-state index in [0.717, 1.165) is 16.2 Å². The van der Waals surface area contributed by atoms with E-state index in [1.165, 1.54) is 18.2 Å². The number of urea groups is 1. The predicted molar refractivity (Wildman–Crippen MR) is 101 cm³/mol. The lowest BCUT2D eigenvalue weighted by Gasteiger charge is -2.14. The number of benzene rings is 2. The minimum Gasteiger partial charge on any atom is -0.490 e. The lowest BCUT2D eigenvalue weighted by Crippen LogP contribution is -3.09. The first kappa shape index (κ1) is 20.1. The third kappa shape index (κ3) is 6.91. The summed E-state index contributed by atoms with van der Waals surface area (Å²) in [5, 5.41) is 4.51. The Morgan fingerprint density at radius 3 is 2.56 bits per heavy atom. The smallest absolute Gasteiger partial charge is 0.326 e. The molecule has 0 aliphatic heterocycles. The Balaban J connectivity index is 1.78. The van der Waals surface area contributed by atoms with Gasteiger partial charge < -0.3 is 15.0 Å². The maximum absolute atomic E-state index is 13.5. The summed E-state index contributed by atoms with van der Waals surface area (Å²) in [5.41, 5.74) is 1.05. The molecular formula is C20H23FN3O3+. The van der Waals surface area contributed by atoms with Crippen LogP contribution in [0.4, 0.5) is 14.9 Å². The van der Waals surface area contributed by atoms with Crippen molar-refractivity contribution in [2.45, 2.75) is 6.54 Å². The molecule has 0 fully saturated rings. The number of anilines is 1. The minimum atomic E-state index is -0.762. The summed E-state index contributed by atoms with van der Waals surface area (Å²) >= 11 is 0. The monoisotopic (exact) mass is 372 g/mol. The predicted octanol–water partition coefficient (Wildman–Crippen LogP) is 1.75. The summed E-state index contributed by atoms with van der Waals surface area (Å²) in [4.78, 5) is 24.7. The minimum absolute atomic E-state index is 0.0160. The van der Waals surface area contributed by atoms with Crippen LogP contribution < -0.4 is 20.3 Å². The summed E-state index contributed by atoms with van der Waals surface area (Å²) in [6.07, 6.45) is 1.67. The van der Waals surface area contributed by atoms with Gasteiger partial charge in [0.25, 0.3) is 5.91 Å². The number of likely N-dealkylation sites (N-methyl/N-ethyl adjacent to an activating group) is 1. The third-order valence-electron chi connectivity index (χ3n) is 3.63. The van der Waals surface area contributed by atoms with Crippen LogP contribution in [0.15, 0.2) is 61.2 Å². The standard InChI is InChI=1S/C20H22FN3O3/c1-3-12-27-16-10-8-15(9-11-16)13-24(2)14-19(25)23-20(26)22-18-7-5-4-6-17(18)21/h3-11H,1,12-14H2,2H3,(H2,22,23,25,26)/p+1. The van der Waals surface area contributed by atoms with Crippen LogP contribution in [0.3, 0.4) is 0 Å². The molecule has 1 atom stereocenters. The number of rotatable bonds is 8. The van der Waals surface area contributed by atoms with Gasteiger partial charge in [-0.05, 0) is 36.4 Å². The van der Waals surface area contributed by atoms with Crippen molar-refractivity contribution in [3.63, 3.8) is 0 Å². The Morgan fingerprint density at radius 1 is 1.19 bits per heavy atom. The van der Waals surface area contributed by atoms with Crippen molar-refractivity contribution < 1.29 is 23.6 Å². The number of ether oxygens (including phenoxy) is 1. The highest BCUT2D eigenvalue weighted by Gasteiger charge is 2.14. The largest absolute Gasteiger partial charge is 0.490 e. The number of hydrogen-bond donors (Lipinski definition) is 3. The molecule has 0 radical (unpaired) electrons. The number of nitrogens with one attached hydrogen (secondary N) is 3. The van der Waals surface area contributed by atoms with Crippen LogP contribution in [0.2, 0.25) is 0 Å². The molecule has 1 unspecified atom stereocenters. The van der Waals surface area contributed by atoms with Gasteiger partial charge in [-0.1, -0.05) is 24.8 Å². The number of halogens is 1. The second-order valence-electron chi connectivity index (χ2n) is 6.04. The maximum Gasteiger partial charge on any atom is 0.326 e. The first-order valence-electron chi connectivity index (χ1n) is 8.47. The van der Waals surface area contributed by atoms with Gasteiger partial charge in [0.2, 0.25) is 0 Å². The fourth-order valence-electron chi connectivity index (χ4n) is 2.43. The zero-order valence-corrected chi connectivity index (χ0v) is 15.1. The molecule has 2 aromatic rings. The van der Waals surface area contributed by atoms with E-state index in [-0.39, 0.29) is 12.2 Å². The molecule has 2 aromatic carbocycles. The molecule has 3 N–H and O–H groups in total. The number of quaternary nitrogens is 1. The van der Waals surface area contributed by atoms with Crippen LogP contribution in [-0.4, -0.2) is 32.1 Å². The van der Waals surface area contributed by atoms with E-state index in [1.807, 2.05) is 31.3 Å². The Bertz CT molecular complexity index is 793.